The molecule has 0 radical (unpaired) electrons. The molecule has 0 saturated heterocycles. The van der Waals surface area contributed by atoms with Crippen molar-refractivity contribution in [2.24, 2.45) is 11.1 Å². The predicted molar refractivity (Wildman–Crippen MR) is 60.6 cm³/mol. The fourth-order valence-corrected chi connectivity index (χ4v) is 2.65. The van der Waals surface area contributed by atoms with Crippen LogP contribution in [0.4, 0.5) is 0 Å². The second kappa shape index (κ2) is 2.98. The molecule has 14 heavy (non-hydrogen) atoms. The first kappa shape index (κ1) is 10.0. The Labute approximate surface area is 90.3 Å². The summed E-state index contributed by atoms with van der Waals surface area (Å²) in [5.74, 6) is 0. The van der Waals surface area contributed by atoms with Gasteiger partial charge in [-0.1, -0.05) is 37.6 Å². The Morgan fingerprint density at radius 1 is 1.43 bits per heavy atom. The second-order valence-corrected chi connectivity index (χ2v) is 5.29. The molecule has 1 nitrogen and oxygen atoms in total. The SMILES string of the molecule is CC1(C)CC1(CN)c1cccc(Cl)c1. The molecule has 1 atom stereocenters. The molecule has 1 saturated carbocycles. The molecule has 1 unspecified atom stereocenters. The van der Waals surface area contributed by atoms with Gasteiger partial charge in [-0.05, 0) is 29.5 Å². The van der Waals surface area contributed by atoms with Crippen LogP contribution in [-0.2, 0) is 5.41 Å². The number of rotatable bonds is 2. The number of benzene rings is 1. The van der Waals surface area contributed by atoms with E-state index in [1.807, 2.05) is 18.2 Å². The molecule has 1 aromatic carbocycles. The maximum Gasteiger partial charge on any atom is 0.0408 e. The minimum absolute atomic E-state index is 0.165. The summed E-state index contributed by atoms with van der Waals surface area (Å²) in [6.07, 6.45) is 1.16. The van der Waals surface area contributed by atoms with Gasteiger partial charge < -0.3 is 5.73 Å². The average Bonchev–Trinajstić information content (AvgIpc) is 2.70. The Hall–Kier alpha value is -0.530. The smallest absolute Gasteiger partial charge is 0.0408 e. The lowest BCUT2D eigenvalue weighted by atomic mass is 9.88. The van der Waals surface area contributed by atoms with Crippen LogP contribution in [0.1, 0.15) is 25.8 Å². The summed E-state index contributed by atoms with van der Waals surface area (Å²) in [7, 11) is 0. The van der Waals surface area contributed by atoms with E-state index in [9.17, 15) is 0 Å². The van der Waals surface area contributed by atoms with E-state index in [4.69, 9.17) is 17.3 Å². The van der Waals surface area contributed by atoms with Crippen LogP contribution < -0.4 is 5.73 Å². The van der Waals surface area contributed by atoms with Crippen LogP contribution in [0.3, 0.4) is 0 Å². The molecule has 0 heterocycles. The van der Waals surface area contributed by atoms with Crippen LogP contribution in [0.2, 0.25) is 5.02 Å². The standard InChI is InChI=1S/C12H16ClN/c1-11(2)7-12(11,8-14)9-4-3-5-10(13)6-9/h3-6H,7-8,14H2,1-2H3. The molecule has 2 N–H and O–H groups in total. The Balaban J connectivity index is 2.40. The fourth-order valence-electron chi connectivity index (χ4n) is 2.46. The Bertz CT molecular complexity index is 359. The van der Waals surface area contributed by atoms with Crippen molar-refractivity contribution in [2.45, 2.75) is 25.7 Å². The molecule has 0 spiro atoms. The maximum atomic E-state index is 5.99. The highest BCUT2D eigenvalue weighted by atomic mass is 35.5. The number of halogens is 1. The van der Waals surface area contributed by atoms with Gasteiger partial charge in [0.05, 0.1) is 0 Å². The topological polar surface area (TPSA) is 26.0 Å². The van der Waals surface area contributed by atoms with E-state index in [2.05, 4.69) is 19.9 Å². The van der Waals surface area contributed by atoms with Crippen molar-refractivity contribution in [2.75, 3.05) is 6.54 Å². The van der Waals surface area contributed by atoms with Gasteiger partial charge >= 0.3 is 0 Å². The first-order valence-electron chi connectivity index (χ1n) is 4.98. The van der Waals surface area contributed by atoms with Gasteiger partial charge in [0.2, 0.25) is 0 Å². The van der Waals surface area contributed by atoms with Crippen molar-refractivity contribution >= 4 is 11.6 Å². The fraction of sp³-hybridized carbons (Fsp3) is 0.500. The highest BCUT2D eigenvalue weighted by Gasteiger charge is 2.60. The van der Waals surface area contributed by atoms with Gasteiger partial charge in [-0.15, -0.1) is 0 Å². The van der Waals surface area contributed by atoms with Gasteiger partial charge in [0, 0.05) is 17.0 Å². The summed E-state index contributed by atoms with van der Waals surface area (Å²) in [5, 5.41) is 0.804. The molecule has 1 aliphatic rings. The normalized spacial score (nSPS) is 28.9. The van der Waals surface area contributed by atoms with E-state index in [-0.39, 0.29) is 5.41 Å². The first-order chi connectivity index (χ1) is 6.52. The third-order valence-electron chi connectivity index (χ3n) is 3.64. The number of hydrogen-bond donors (Lipinski definition) is 1. The highest BCUT2D eigenvalue weighted by molar-refractivity contribution is 6.30. The minimum Gasteiger partial charge on any atom is -0.330 e. The molecule has 0 bridgehead atoms. The lowest BCUT2D eigenvalue weighted by Crippen LogP contribution is -2.25. The van der Waals surface area contributed by atoms with E-state index in [0.717, 1.165) is 11.4 Å². The molecular formula is C12H16ClN. The van der Waals surface area contributed by atoms with Crippen LogP contribution in [0.25, 0.3) is 0 Å². The van der Waals surface area contributed by atoms with Crippen molar-refractivity contribution in [3.63, 3.8) is 0 Å². The molecule has 1 aromatic rings. The molecule has 76 valence electrons. The number of nitrogens with two attached hydrogens (primary N) is 1. The number of hydrogen-bond acceptors (Lipinski definition) is 1. The van der Waals surface area contributed by atoms with Gasteiger partial charge in [0.25, 0.3) is 0 Å². The summed E-state index contributed by atoms with van der Waals surface area (Å²) in [4.78, 5) is 0. The van der Waals surface area contributed by atoms with Crippen LogP contribution in [0, 0.1) is 5.41 Å². The summed E-state index contributed by atoms with van der Waals surface area (Å²) in [6, 6.07) is 8.09. The lowest BCUT2D eigenvalue weighted by Gasteiger charge is -2.19. The van der Waals surface area contributed by atoms with Crippen LogP contribution >= 0.6 is 11.6 Å². The molecule has 2 heteroatoms. The monoisotopic (exact) mass is 209 g/mol. The molecule has 2 rings (SSSR count). The van der Waals surface area contributed by atoms with E-state index >= 15 is 0 Å². The molecule has 0 aliphatic heterocycles. The first-order valence-corrected chi connectivity index (χ1v) is 5.36. The summed E-state index contributed by atoms with van der Waals surface area (Å²) in [6.45, 7) is 5.24. The van der Waals surface area contributed by atoms with Crippen molar-refractivity contribution < 1.29 is 0 Å². The van der Waals surface area contributed by atoms with E-state index in [1.54, 1.807) is 0 Å². The Morgan fingerprint density at radius 2 is 2.07 bits per heavy atom. The quantitative estimate of drug-likeness (QED) is 0.797. The minimum atomic E-state index is 0.165. The lowest BCUT2D eigenvalue weighted by molar-refractivity contribution is 0.503. The van der Waals surface area contributed by atoms with E-state index < -0.39 is 0 Å². The maximum absolute atomic E-state index is 5.99. The highest BCUT2D eigenvalue weighted by Crippen LogP contribution is 2.63. The van der Waals surface area contributed by atoms with E-state index in [0.29, 0.717) is 12.0 Å². The Morgan fingerprint density at radius 3 is 2.50 bits per heavy atom. The largest absolute Gasteiger partial charge is 0.330 e. The van der Waals surface area contributed by atoms with Gasteiger partial charge in [0.15, 0.2) is 0 Å². The van der Waals surface area contributed by atoms with E-state index in [1.165, 1.54) is 5.56 Å². The summed E-state index contributed by atoms with van der Waals surface area (Å²) >= 11 is 5.99. The van der Waals surface area contributed by atoms with Gasteiger partial charge in [-0.3, -0.25) is 0 Å². The molecule has 0 aromatic heterocycles. The molecule has 1 fully saturated rings. The van der Waals surface area contributed by atoms with Crippen LogP contribution in [-0.4, -0.2) is 6.54 Å². The van der Waals surface area contributed by atoms with Gasteiger partial charge in [-0.25, -0.2) is 0 Å². The van der Waals surface area contributed by atoms with Crippen molar-refractivity contribution in [1.82, 2.24) is 0 Å². The van der Waals surface area contributed by atoms with Gasteiger partial charge in [-0.2, -0.15) is 0 Å². The summed E-state index contributed by atoms with van der Waals surface area (Å²) in [5.41, 5.74) is 7.66. The average molecular weight is 210 g/mol. The molecular weight excluding hydrogens is 194 g/mol. The molecule has 1 aliphatic carbocycles. The summed E-state index contributed by atoms with van der Waals surface area (Å²) < 4.78 is 0. The van der Waals surface area contributed by atoms with Crippen molar-refractivity contribution in [3.05, 3.63) is 34.9 Å². The Kier molecular flexibility index (Phi) is 2.13. The zero-order valence-electron chi connectivity index (χ0n) is 8.68. The second-order valence-electron chi connectivity index (χ2n) is 4.86. The van der Waals surface area contributed by atoms with Crippen molar-refractivity contribution in [1.29, 1.82) is 0 Å². The van der Waals surface area contributed by atoms with Crippen LogP contribution in [0.5, 0.6) is 0 Å². The van der Waals surface area contributed by atoms with Crippen molar-refractivity contribution in [3.8, 4) is 0 Å². The zero-order chi connectivity index (χ0) is 10.4. The zero-order valence-corrected chi connectivity index (χ0v) is 9.43. The third kappa shape index (κ3) is 1.27. The van der Waals surface area contributed by atoms with Gasteiger partial charge in [0.1, 0.15) is 0 Å². The predicted octanol–water partition coefficient (Wildman–Crippen LogP) is 2.97. The molecule has 0 amide bonds. The third-order valence-corrected chi connectivity index (χ3v) is 3.87. The van der Waals surface area contributed by atoms with Crippen LogP contribution in [0.15, 0.2) is 24.3 Å².